The van der Waals surface area contributed by atoms with Gasteiger partial charge in [-0.05, 0) is 54.7 Å². The van der Waals surface area contributed by atoms with Crippen molar-refractivity contribution in [1.82, 2.24) is 0 Å². The van der Waals surface area contributed by atoms with Crippen LogP contribution in [0.15, 0.2) is 46.9 Å². The molecule has 1 N–H and O–H groups in total. The van der Waals surface area contributed by atoms with E-state index >= 15 is 0 Å². The van der Waals surface area contributed by atoms with Gasteiger partial charge >= 0.3 is 0 Å². The fourth-order valence-corrected chi connectivity index (χ4v) is 2.50. The molecule has 1 atom stereocenters. The normalized spacial score (nSPS) is 12.4. The van der Waals surface area contributed by atoms with Crippen molar-refractivity contribution in [2.75, 3.05) is 6.61 Å². The van der Waals surface area contributed by atoms with E-state index in [9.17, 15) is 5.11 Å². The molecule has 0 fully saturated rings. The summed E-state index contributed by atoms with van der Waals surface area (Å²) in [6.45, 7) is 4.43. The van der Waals surface area contributed by atoms with Crippen molar-refractivity contribution in [3.63, 3.8) is 0 Å². The Morgan fingerprint density at radius 3 is 2.26 bits per heavy atom. The molecule has 100 valence electrons. The van der Waals surface area contributed by atoms with Crippen LogP contribution in [0.2, 0.25) is 0 Å². The highest BCUT2D eigenvalue weighted by molar-refractivity contribution is 9.10. The maximum atomic E-state index is 9.62. The Hall–Kier alpha value is -1.12. The van der Waals surface area contributed by atoms with Crippen molar-refractivity contribution in [3.05, 3.63) is 69.2 Å². The van der Waals surface area contributed by atoms with Crippen LogP contribution in [0.4, 0.5) is 0 Å². The van der Waals surface area contributed by atoms with Crippen molar-refractivity contribution in [1.29, 1.82) is 0 Å². The fourth-order valence-electron chi connectivity index (χ4n) is 2.24. The standard InChI is InChI=1S/C17H19BrO/c1-12-3-4-14(9-13(12)2)10-16(11-19)15-5-7-17(18)8-6-15/h3-9,16,19H,10-11H2,1-2H3. The summed E-state index contributed by atoms with van der Waals surface area (Å²) in [6.07, 6.45) is 0.874. The zero-order valence-electron chi connectivity index (χ0n) is 11.4. The monoisotopic (exact) mass is 318 g/mol. The molecule has 0 saturated carbocycles. The Morgan fingerprint density at radius 1 is 1.00 bits per heavy atom. The largest absolute Gasteiger partial charge is 0.396 e. The number of aryl methyl sites for hydroxylation is 2. The van der Waals surface area contributed by atoms with Crippen LogP contribution in [0.5, 0.6) is 0 Å². The van der Waals surface area contributed by atoms with Crippen LogP contribution in [-0.2, 0) is 6.42 Å². The molecule has 0 spiro atoms. The molecule has 0 heterocycles. The van der Waals surface area contributed by atoms with Gasteiger partial charge in [0.1, 0.15) is 0 Å². The molecule has 0 aliphatic heterocycles. The summed E-state index contributed by atoms with van der Waals surface area (Å²) in [4.78, 5) is 0. The molecule has 0 saturated heterocycles. The van der Waals surface area contributed by atoms with Crippen LogP contribution in [0.25, 0.3) is 0 Å². The van der Waals surface area contributed by atoms with Crippen LogP contribution >= 0.6 is 15.9 Å². The summed E-state index contributed by atoms with van der Waals surface area (Å²) in [5.41, 5.74) is 5.09. The first-order chi connectivity index (χ1) is 9.10. The molecule has 1 unspecified atom stereocenters. The van der Waals surface area contributed by atoms with Crippen LogP contribution in [0.1, 0.15) is 28.2 Å². The second-order valence-corrected chi connectivity index (χ2v) is 5.97. The Kier molecular flexibility index (Phi) is 4.78. The molecule has 0 aliphatic carbocycles. The van der Waals surface area contributed by atoms with E-state index in [1.807, 2.05) is 12.1 Å². The molecule has 0 amide bonds. The summed E-state index contributed by atoms with van der Waals surface area (Å²) in [7, 11) is 0. The average molecular weight is 319 g/mol. The molecule has 2 heteroatoms. The number of rotatable bonds is 4. The summed E-state index contributed by atoms with van der Waals surface area (Å²) in [5, 5.41) is 9.62. The molecule has 2 rings (SSSR count). The maximum Gasteiger partial charge on any atom is 0.0502 e. The Bertz CT molecular complexity index is 546. The SMILES string of the molecule is Cc1ccc(CC(CO)c2ccc(Br)cc2)cc1C. The highest BCUT2D eigenvalue weighted by Crippen LogP contribution is 2.23. The van der Waals surface area contributed by atoms with Gasteiger partial charge in [-0.3, -0.25) is 0 Å². The van der Waals surface area contributed by atoms with Gasteiger partial charge in [-0.1, -0.05) is 46.3 Å². The quantitative estimate of drug-likeness (QED) is 0.886. The average Bonchev–Trinajstić information content (AvgIpc) is 2.41. The molecule has 2 aromatic carbocycles. The summed E-state index contributed by atoms with van der Waals surface area (Å²) < 4.78 is 1.07. The first-order valence-corrected chi connectivity index (χ1v) is 7.32. The first kappa shape index (κ1) is 14.3. The number of benzene rings is 2. The second kappa shape index (κ2) is 6.36. The van der Waals surface area contributed by atoms with E-state index < -0.39 is 0 Å². The third-order valence-corrected chi connectivity index (χ3v) is 4.14. The number of hydrogen-bond donors (Lipinski definition) is 1. The summed E-state index contributed by atoms with van der Waals surface area (Å²) in [6, 6.07) is 14.7. The molecule has 0 aromatic heterocycles. The van der Waals surface area contributed by atoms with Crippen molar-refractivity contribution in [2.45, 2.75) is 26.2 Å². The number of aliphatic hydroxyl groups excluding tert-OH is 1. The van der Waals surface area contributed by atoms with Gasteiger partial charge in [0.15, 0.2) is 0 Å². The lowest BCUT2D eigenvalue weighted by Gasteiger charge is -2.15. The zero-order chi connectivity index (χ0) is 13.8. The van der Waals surface area contributed by atoms with E-state index in [1.54, 1.807) is 0 Å². The molecule has 2 aromatic rings. The molecule has 0 aliphatic rings. The summed E-state index contributed by atoms with van der Waals surface area (Å²) >= 11 is 3.44. The van der Waals surface area contributed by atoms with Gasteiger partial charge in [0.25, 0.3) is 0 Å². The number of aliphatic hydroxyl groups is 1. The molecule has 19 heavy (non-hydrogen) atoms. The minimum atomic E-state index is 0.162. The third-order valence-electron chi connectivity index (χ3n) is 3.62. The summed E-state index contributed by atoms with van der Waals surface area (Å²) in [5.74, 6) is 0.162. The lowest BCUT2D eigenvalue weighted by Crippen LogP contribution is -2.08. The van der Waals surface area contributed by atoms with Gasteiger partial charge in [0.05, 0.1) is 6.61 Å². The topological polar surface area (TPSA) is 20.2 Å². The highest BCUT2D eigenvalue weighted by atomic mass is 79.9. The van der Waals surface area contributed by atoms with Crippen LogP contribution in [-0.4, -0.2) is 11.7 Å². The smallest absolute Gasteiger partial charge is 0.0502 e. The number of hydrogen-bond acceptors (Lipinski definition) is 1. The molecular formula is C17H19BrO. The molecular weight excluding hydrogens is 300 g/mol. The van der Waals surface area contributed by atoms with Crippen molar-refractivity contribution in [3.8, 4) is 0 Å². The second-order valence-electron chi connectivity index (χ2n) is 5.05. The van der Waals surface area contributed by atoms with Gasteiger partial charge in [-0.2, -0.15) is 0 Å². The first-order valence-electron chi connectivity index (χ1n) is 6.52. The lowest BCUT2D eigenvalue weighted by atomic mass is 9.91. The van der Waals surface area contributed by atoms with E-state index in [1.165, 1.54) is 22.3 Å². The van der Waals surface area contributed by atoms with Crippen LogP contribution in [0.3, 0.4) is 0 Å². The van der Waals surface area contributed by atoms with E-state index in [-0.39, 0.29) is 12.5 Å². The Labute approximate surface area is 123 Å². The molecule has 0 radical (unpaired) electrons. The van der Waals surface area contributed by atoms with Gasteiger partial charge in [-0.15, -0.1) is 0 Å². The predicted octanol–water partition coefficient (Wildman–Crippen LogP) is 4.38. The zero-order valence-corrected chi connectivity index (χ0v) is 12.9. The predicted molar refractivity (Wildman–Crippen MR) is 83.6 cm³/mol. The van der Waals surface area contributed by atoms with Gasteiger partial charge in [0.2, 0.25) is 0 Å². The minimum absolute atomic E-state index is 0.162. The van der Waals surface area contributed by atoms with Crippen LogP contribution < -0.4 is 0 Å². The van der Waals surface area contributed by atoms with Gasteiger partial charge < -0.3 is 5.11 Å². The maximum absolute atomic E-state index is 9.62. The van der Waals surface area contributed by atoms with Crippen molar-refractivity contribution >= 4 is 15.9 Å². The van der Waals surface area contributed by atoms with Crippen molar-refractivity contribution in [2.24, 2.45) is 0 Å². The minimum Gasteiger partial charge on any atom is -0.396 e. The fraction of sp³-hybridized carbons (Fsp3) is 0.294. The van der Waals surface area contributed by atoms with Gasteiger partial charge in [0, 0.05) is 10.4 Å². The molecule has 1 nitrogen and oxygen atoms in total. The third kappa shape index (κ3) is 3.68. The highest BCUT2D eigenvalue weighted by Gasteiger charge is 2.11. The van der Waals surface area contributed by atoms with E-state index in [4.69, 9.17) is 0 Å². The Morgan fingerprint density at radius 2 is 1.68 bits per heavy atom. The van der Waals surface area contributed by atoms with E-state index in [2.05, 4.69) is 60.1 Å². The van der Waals surface area contributed by atoms with E-state index in [0.29, 0.717) is 0 Å². The van der Waals surface area contributed by atoms with Crippen LogP contribution in [0, 0.1) is 13.8 Å². The lowest BCUT2D eigenvalue weighted by molar-refractivity contribution is 0.264. The van der Waals surface area contributed by atoms with Gasteiger partial charge in [-0.25, -0.2) is 0 Å². The number of halogens is 1. The van der Waals surface area contributed by atoms with E-state index in [0.717, 1.165) is 10.9 Å². The Balaban J connectivity index is 2.18. The molecule has 0 bridgehead atoms. The van der Waals surface area contributed by atoms with Crippen molar-refractivity contribution < 1.29 is 5.11 Å².